The molecule has 0 saturated carbocycles. The minimum absolute atomic E-state index is 0.155. The predicted molar refractivity (Wildman–Crippen MR) is 59.8 cm³/mol. The summed E-state index contributed by atoms with van der Waals surface area (Å²) in [5.74, 6) is 4.49. The van der Waals surface area contributed by atoms with Crippen molar-refractivity contribution in [1.29, 1.82) is 0 Å². The number of hydrogen-bond donors (Lipinski definition) is 4. The van der Waals surface area contributed by atoms with Crippen LogP contribution < -0.4 is 11.3 Å². The fourth-order valence-electron chi connectivity index (χ4n) is 1.53. The molecule has 0 amide bonds. The number of carboxylic acids is 1. The normalized spacial score (nSPS) is 14.4. The zero-order valence-corrected chi connectivity index (χ0v) is 9.10. The lowest BCUT2D eigenvalue weighted by atomic mass is 9.89. The Morgan fingerprint density at radius 1 is 1.44 bits per heavy atom. The molecule has 0 aliphatic heterocycles. The molecule has 0 radical (unpaired) electrons. The van der Waals surface area contributed by atoms with Crippen LogP contribution in [0, 0.1) is 0 Å². The molecule has 1 unspecified atom stereocenters. The molecule has 0 spiro atoms. The van der Waals surface area contributed by atoms with Crippen LogP contribution in [0.1, 0.15) is 18.9 Å². The van der Waals surface area contributed by atoms with E-state index in [1.54, 1.807) is 19.1 Å². The highest BCUT2D eigenvalue weighted by molar-refractivity contribution is 5.79. The molecule has 1 atom stereocenters. The molecule has 0 aliphatic carbocycles. The first kappa shape index (κ1) is 12.5. The molecule has 16 heavy (non-hydrogen) atoms. The van der Waals surface area contributed by atoms with Gasteiger partial charge in [0.25, 0.3) is 0 Å². The van der Waals surface area contributed by atoms with Crippen LogP contribution in [0.2, 0.25) is 0 Å². The van der Waals surface area contributed by atoms with Crippen molar-refractivity contribution in [2.75, 3.05) is 0 Å². The van der Waals surface area contributed by atoms with Gasteiger partial charge in [0.15, 0.2) is 0 Å². The van der Waals surface area contributed by atoms with Crippen molar-refractivity contribution in [3.63, 3.8) is 0 Å². The summed E-state index contributed by atoms with van der Waals surface area (Å²) in [4.78, 5) is 11.2. The van der Waals surface area contributed by atoms with Gasteiger partial charge in [-0.25, -0.2) is 5.43 Å². The van der Waals surface area contributed by atoms with Gasteiger partial charge in [-0.05, 0) is 24.1 Å². The summed E-state index contributed by atoms with van der Waals surface area (Å²) < 4.78 is 0. The van der Waals surface area contributed by atoms with Crippen LogP contribution in [0.4, 0.5) is 0 Å². The van der Waals surface area contributed by atoms with Gasteiger partial charge in [-0.1, -0.05) is 19.1 Å². The molecule has 0 fully saturated rings. The number of phenols is 1. The second kappa shape index (κ2) is 4.96. The lowest BCUT2D eigenvalue weighted by Crippen LogP contribution is -2.56. The molecule has 5 N–H and O–H groups in total. The summed E-state index contributed by atoms with van der Waals surface area (Å²) in [5, 5.41) is 18.3. The first-order valence-electron chi connectivity index (χ1n) is 5.03. The van der Waals surface area contributed by atoms with Crippen LogP contribution in [0.3, 0.4) is 0 Å². The maximum Gasteiger partial charge on any atom is 0.325 e. The van der Waals surface area contributed by atoms with E-state index in [9.17, 15) is 4.79 Å². The summed E-state index contributed by atoms with van der Waals surface area (Å²) in [6.07, 6.45) is 0.648. The second-order valence-corrected chi connectivity index (χ2v) is 3.73. The molecule has 1 rings (SSSR count). The van der Waals surface area contributed by atoms with Gasteiger partial charge >= 0.3 is 5.97 Å². The van der Waals surface area contributed by atoms with Crippen LogP contribution in [-0.2, 0) is 11.2 Å². The smallest absolute Gasteiger partial charge is 0.325 e. The summed E-state index contributed by atoms with van der Waals surface area (Å²) in [6.45, 7) is 1.76. The fraction of sp³-hybridized carbons (Fsp3) is 0.364. The standard InChI is InChI=1S/C11H16N2O3/c1-2-11(13-12,10(15)16)7-8-3-5-9(14)6-4-8/h3-6,13-14H,2,7,12H2,1H3,(H,15,16). The molecule has 0 aromatic heterocycles. The number of carboxylic acid groups (broad SMARTS) is 1. The Balaban J connectivity index is 2.91. The number of aromatic hydroxyl groups is 1. The van der Waals surface area contributed by atoms with Crippen molar-refractivity contribution in [1.82, 2.24) is 5.43 Å². The van der Waals surface area contributed by atoms with E-state index in [2.05, 4.69) is 5.43 Å². The Morgan fingerprint density at radius 2 is 2.00 bits per heavy atom. The van der Waals surface area contributed by atoms with Crippen LogP contribution in [-0.4, -0.2) is 21.7 Å². The maximum absolute atomic E-state index is 11.2. The van der Waals surface area contributed by atoms with Crippen molar-refractivity contribution >= 4 is 5.97 Å². The lowest BCUT2D eigenvalue weighted by molar-refractivity contribution is -0.145. The van der Waals surface area contributed by atoms with E-state index in [1.807, 2.05) is 0 Å². The average Bonchev–Trinajstić information content (AvgIpc) is 2.28. The van der Waals surface area contributed by atoms with Crippen molar-refractivity contribution in [2.45, 2.75) is 25.3 Å². The second-order valence-electron chi connectivity index (χ2n) is 3.73. The first-order valence-corrected chi connectivity index (χ1v) is 5.03. The van der Waals surface area contributed by atoms with Crippen LogP contribution in [0.5, 0.6) is 5.75 Å². The Kier molecular flexibility index (Phi) is 3.87. The quantitative estimate of drug-likeness (QED) is 0.434. The van der Waals surface area contributed by atoms with Crippen molar-refractivity contribution in [3.8, 4) is 5.75 Å². The summed E-state index contributed by atoms with van der Waals surface area (Å²) in [5.41, 5.74) is 2.02. The summed E-state index contributed by atoms with van der Waals surface area (Å²) in [7, 11) is 0. The molecular formula is C11H16N2O3. The molecule has 0 heterocycles. The van der Waals surface area contributed by atoms with Gasteiger partial charge in [0.05, 0.1) is 0 Å². The van der Waals surface area contributed by atoms with E-state index in [1.165, 1.54) is 12.1 Å². The molecule has 0 saturated heterocycles. The molecule has 1 aromatic carbocycles. The minimum Gasteiger partial charge on any atom is -0.508 e. The lowest BCUT2D eigenvalue weighted by Gasteiger charge is -2.27. The van der Waals surface area contributed by atoms with Crippen LogP contribution >= 0.6 is 0 Å². The predicted octanol–water partition coefficient (Wildman–Crippen LogP) is 0.631. The fourth-order valence-corrected chi connectivity index (χ4v) is 1.53. The Bertz CT molecular complexity index is 358. The highest BCUT2D eigenvalue weighted by Gasteiger charge is 2.35. The molecular weight excluding hydrogens is 208 g/mol. The maximum atomic E-state index is 11.2. The summed E-state index contributed by atoms with van der Waals surface area (Å²) >= 11 is 0. The van der Waals surface area contributed by atoms with Gasteiger partial charge < -0.3 is 10.2 Å². The number of carbonyl (C=O) groups is 1. The van der Waals surface area contributed by atoms with Gasteiger partial charge in [0, 0.05) is 6.42 Å². The third kappa shape index (κ3) is 2.50. The number of aliphatic carboxylic acids is 1. The number of benzene rings is 1. The van der Waals surface area contributed by atoms with E-state index in [0.717, 1.165) is 5.56 Å². The number of hydrazine groups is 1. The highest BCUT2D eigenvalue weighted by Crippen LogP contribution is 2.19. The van der Waals surface area contributed by atoms with Gasteiger partial charge in [0.1, 0.15) is 11.3 Å². The zero-order chi connectivity index (χ0) is 12.2. The largest absolute Gasteiger partial charge is 0.508 e. The highest BCUT2D eigenvalue weighted by atomic mass is 16.4. The third-order valence-corrected chi connectivity index (χ3v) is 2.73. The SMILES string of the molecule is CCC(Cc1ccc(O)cc1)(NN)C(=O)O. The van der Waals surface area contributed by atoms with E-state index >= 15 is 0 Å². The molecule has 88 valence electrons. The first-order chi connectivity index (χ1) is 7.54. The van der Waals surface area contributed by atoms with Gasteiger partial charge in [-0.3, -0.25) is 10.6 Å². The average molecular weight is 224 g/mol. The minimum atomic E-state index is -1.16. The van der Waals surface area contributed by atoms with Crippen molar-refractivity contribution in [2.24, 2.45) is 5.84 Å². The van der Waals surface area contributed by atoms with Crippen LogP contribution in [0.15, 0.2) is 24.3 Å². The van der Waals surface area contributed by atoms with Crippen molar-refractivity contribution in [3.05, 3.63) is 29.8 Å². The van der Waals surface area contributed by atoms with E-state index < -0.39 is 11.5 Å². The number of hydrogen-bond acceptors (Lipinski definition) is 4. The Labute approximate surface area is 93.9 Å². The topological polar surface area (TPSA) is 95.6 Å². The van der Waals surface area contributed by atoms with E-state index in [-0.39, 0.29) is 12.2 Å². The number of rotatable bonds is 5. The van der Waals surface area contributed by atoms with E-state index in [4.69, 9.17) is 16.1 Å². The third-order valence-electron chi connectivity index (χ3n) is 2.73. The van der Waals surface area contributed by atoms with Crippen molar-refractivity contribution < 1.29 is 15.0 Å². The summed E-state index contributed by atoms with van der Waals surface area (Å²) in [6, 6.07) is 6.41. The Morgan fingerprint density at radius 3 is 2.38 bits per heavy atom. The number of phenolic OH excluding ortho intramolecular Hbond substituents is 1. The molecule has 5 nitrogen and oxygen atoms in total. The molecule has 5 heteroatoms. The molecule has 0 aliphatic rings. The Hall–Kier alpha value is -1.59. The van der Waals surface area contributed by atoms with Gasteiger partial charge in [0.2, 0.25) is 0 Å². The zero-order valence-electron chi connectivity index (χ0n) is 9.10. The van der Waals surface area contributed by atoms with Gasteiger partial charge in [-0.2, -0.15) is 0 Å². The number of nitrogens with one attached hydrogen (secondary N) is 1. The van der Waals surface area contributed by atoms with E-state index in [0.29, 0.717) is 6.42 Å². The molecule has 1 aromatic rings. The number of nitrogens with two attached hydrogens (primary N) is 1. The molecule has 0 bridgehead atoms. The van der Waals surface area contributed by atoms with Crippen LogP contribution in [0.25, 0.3) is 0 Å². The monoisotopic (exact) mass is 224 g/mol. The van der Waals surface area contributed by atoms with Gasteiger partial charge in [-0.15, -0.1) is 0 Å².